The number of aromatic nitrogens is 2. The van der Waals surface area contributed by atoms with E-state index in [2.05, 4.69) is 20.6 Å². The summed E-state index contributed by atoms with van der Waals surface area (Å²) >= 11 is 0. The average molecular weight is 317 g/mol. The second kappa shape index (κ2) is 8.32. The van der Waals surface area contributed by atoms with Crippen LogP contribution in [0.5, 0.6) is 0 Å². The van der Waals surface area contributed by atoms with Crippen molar-refractivity contribution in [1.29, 1.82) is 5.41 Å². The van der Waals surface area contributed by atoms with Crippen molar-refractivity contribution < 1.29 is 18.0 Å². The molecule has 0 saturated carbocycles. The van der Waals surface area contributed by atoms with Crippen LogP contribution in [-0.4, -0.2) is 41.9 Å². The van der Waals surface area contributed by atoms with Crippen LogP contribution in [0.4, 0.5) is 13.2 Å². The van der Waals surface area contributed by atoms with Gasteiger partial charge < -0.3 is 21.0 Å². The largest absolute Gasteiger partial charge is 0.389 e. The van der Waals surface area contributed by atoms with Gasteiger partial charge in [-0.1, -0.05) is 0 Å². The van der Waals surface area contributed by atoms with Crippen LogP contribution >= 0.6 is 0 Å². The predicted molar refractivity (Wildman–Crippen MR) is 76.4 cm³/mol. The minimum absolute atomic E-state index is 0.0255. The number of rotatable bonds is 8. The number of imidazole rings is 1. The number of H-pyrrole nitrogens is 1. The Balaban J connectivity index is 2.51. The minimum atomic E-state index is -4.35. The van der Waals surface area contributed by atoms with E-state index in [9.17, 15) is 18.0 Å². The quantitative estimate of drug-likeness (QED) is 0.549. The molecule has 1 heterocycles. The van der Waals surface area contributed by atoms with E-state index in [1.807, 2.05) is 0 Å². The maximum Gasteiger partial charge on any atom is 0.389 e. The SMILES string of the molecule is CNCc1cnc(/C=C(\C=N)CNC(=O)CCC(F)(F)F)[nH]1. The van der Waals surface area contributed by atoms with Crippen molar-refractivity contribution in [2.75, 3.05) is 13.6 Å². The van der Waals surface area contributed by atoms with Gasteiger partial charge in [-0.25, -0.2) is 4.98 Å². The number of nitrogens with one attached hydrogen (secondary N) is 4. The summed E-state index contributed by atoms with van der Waals surface area (Å²) in [6.45, 7) is 0.581. The first-order valence-electron chi connectivity index (χ1n) is 6.57. The molecule has 122 valence electrons. The molecular weight excluding hydrogens is 299 g/mol. The molecule has 0 radical (unpaired) electrons. The number of aromatic amines is 1. The van der Waals surface area contributed by atoms with E-state index in [1.165, 1.54) is 0 Å². The number of hydrogen-bond donors (Lipinski definition) is 4. The Morgan fingerprint density at radius 1 is 1.50 bits per heavy atom. The third-order valence-electron chi connectivity index (χ3n) is 2.65. The molecule has 0 aliphatic heterocycles. The zero-order valence-corrected chi connectivity index (χ0v) is 12.0. The molecule has 0 aliphatic rings. The van der Waals surface area contributed by atoms with Crippen molar-refractivity contribution in [3.8, 4) is 0 Å². The summed E-state index contributed by atoms with van der Waals surface area (Å²) in [6, 6.07) is 0. The first-order valence-corrected chi connectivity index (χ1v) is 6.57. The van der Waals surface area contributed by atoms with Crippen LogP contribution in [0, 0.1) is 5.41 Å². The Bertz CT molecular complexity index is 536. The zero-order valence-electron chi connectivity index (χ0n) is 12.0. The first kappa shape index (κ1) is 17.9. The highest BCUT2D eigenvalue weighted by atomic mass is 19.4. The summed E-state index contributed by atoms with van der Waals surface area (Å²) in [6.07, 6.45) is -1.93. The van der Waals surface area contributed by atoms with Gasteiger partial charge in [0.05, 0.1) is 6.42 Å². The van der Waals surface area contributed by atoms with Gasteiger partial charge in [-0.3, -0.25) is 4.79 Å². The Morgan fingerprint density at radius 3 is 2.82 bits per heavy atom. The highest BCUT2D eigenvalue weighted by Crippen LogP contribution is 2.20. The molecule has 9 heteroatoms. The van der Waals surface area contributed by atoms with Crippen LogP contribution in [0.1, 0.15) is 24.4 Å². The molecule has 0 saturated heterocycles. The summed E-state index contributed by atoms with van der Waals surface area (Å²) in [4.78, 5) is 18.4. The van der Waals surface area contributed by atoms with Crippen molar-refractivity contribution >= 4 is 18.2 Å². The lowest BCUT2D eigenvalue weighted by Gasteiger charge is -2.07. The number of amides is 1. The molecule has 1 amide bonds. The van der Waals surface area contributed by atoms with Crippen molar-refractivity contribution in [3.05, 3.63) is 23.3 Å². The van der Waals surface area contributed by atoms with Crippen LogP contribution in [0.25, 0.3) is 6.08 Å². The van der Waals surface area contributed by atoms with Crippen LogP contribution in [0.15, 0.2) is 11.8 Å². The Kier molecular flexibility index (Phi) is 6.77. The van der Waals surface area contributed by atoms with Crippen LogP contribution in [-0.2, 0) is 11.3 Å². The average Bonchev–Trinajstić information content (AvgIpc) is 2.88. The smallest absolute Gasteiger partial charge is 0.352 e. The van der Waals surface area contributed by atoms with Crippen LogP contribution in [0.3, 0.4) is 0 Å². The summed E-state index contributed by atoms with van der Waals surface area (Å²) in [5, 5.41) is 12.6. The van der Waals surface area contributed by atoms with Gasteiger partial charge in [0.2, 0.25) is 5.91 Å². The molecule has 0 atom stereocenters. The van der Waals surface area contributed by atoms with Gasteiger partial charge in [-0.15, -0.1) is 0 Å². The summed E-state index contributed by atoms with van der Waals surface area (Å²) in [7, 11) is 1.79. The third kappa shape index (κ3) is 7.02. The first-order chi connectivity index (χ1) is 10.3. The molecule has 0 unspecified atom stereocenters. The van der Waals surface area contributed by atoms with Crippen LogP contribution < -0.4 is 10.6 Å². The molecule has 6 nitrogen and oxygen atoms in total. The van der Waals surface area contributed by atoms with E-state index in [0.717, 1.165) is 11.9 Å². The fraction of sp³-hybridized carbons (Fsp3) is 0.462. The van der Waals surface area contributed by atoms with Gasteiger partial charge in [-0.05, 0) is 18.7 Å². The van der Waals surface area contributed by atoms with E-state index in [-0.39, 0.29) is 6.54 Å². The second-order valence-electron chi connectivity index (χ2n) is 4.58. The van der Waals surface area contributed by atoms with Crippen molar-refractivity contribution in [3.63, 3.8) is 0 Å². The lowest BCUT2D eigenvalue weighted by molar-refractivity contribution is -0.144. The fourth-order valence-electron chi connectivity index (χ4n) is 1.59. The normalized spacial score (nSPS) is 12.3. The maximum atomic E-state index is 12.0. The van der Waals surface area contributed by atoms with Crippen molar-refractivity contribution in [2.45, 2.75) is 25.6 Å². The molecule has 0 aliphatic carbocycles. The van der Waals surface area contributed by atoms with E-state index in [0.29, 0.717) is 17.9 Å². The van der Waals surface area contributed by atoms with Gasteiger partial charge in [0, 0.05) is 37.6 Å². The van der Waals surface area contributed by atoms with Crippen molar-refractivity contribution in [2.24, 2.45) is 0 Å². The Labute approximate surface area is 125 Å². The Morgan fingerprint density at radius 2 is 2.23 bits per heavy atom. The van der Waals surface area contributed by atoms with Gasteiger partial charge in [0.25, 0.3) is 0 Å². The molecule has 4 N–H and O–H groups in total. The van der Waals surface area contributed by atoms with Crippen LogP contribution in [0.2, 0.25) is 0 Å². The summed E-state index contributed by atoms with van der Waals surface area (Å²) in [5.41, 5.74) is 1.28. The van der Waals surface area contributed by atoms with Gasteiger partial charge >= 0.3 is 6.18 Å². The molecule has 22 heavy (non-hydrogen) atoms. The molecular formula is C13H18F3N5O. The van der Waals surface area contributed by atoms with E-state index < -0.39 is 24.9 Å². The lowest BCUT2D eigenvalue weighted by Crippen LogP contribution is -2.27. The Hall–Kier alpha value is -2.16. The minimum Gasteiger partial charge on any atom is -0.352 e. The highest BCUT2D eigenvalue weighted by molar-refractivity contribution is 5.85. The number of alkyl halides is 3. The van der Waals surface area contributed by atoms with Crippen molar-refractivity contribution in [1.82, 2.24) is 20.6 Å². The zero-order chi connectivity index (χ0) is 16.6. The topological polar surface area (TPSA) is 93.7 Å². The van der Waals surface area contributed by atoms with E-state index in [4.69, 9.17) is 5.41 Å². The molecule has 1 aromatic rings. The highest BCUT2D eigenvalue weighted by Gasteiger charge is 2.27. The van der Waals surface area contributed by atoms with Gasteiger partial charge in [0.15, 0.2) is 0 Å². The molecule has 1 aromatic heterocycles. The molecule has 0 bridgehead atoms. The number of halogens is 3. The standard InChI is InChI=1S/C13H18F3N5O/c1-18-7-10-8-19-11(21-10)4-9(5-17)6-20-12(22)2-3-13(14,15)16/h4-5,8,17-18H,2-3,6-7H2,1H3,(H,19,21)(H,20,22)/b9-4+,17-5?. The van der Waals surface area contributed by atoms with Gasteiger partial charge in [-0.2, -0.15) is 13.2 Å². The lowest BCUT2D eigenvalue weighted by atomic mass is 10.2. The maximum absolute atomic E-state index is 12.0. The van der Waals surface area contributed by atoms with E-state index in [1.54, 1.807) is 19.3 Å². The molecule has 0 fully saturated rings. The molecule has 0 spiro atoms. The number of hydrogen-bond acceptors (Lipinski definition) is 4. The number of nitrogens with zero attached hydrogens (tertiary/aromatic N) is 1. The summed E-state index contributed by atoms with van der Waals surface area (Å²) in [5.74, 6) is -0.200. The monoisotopic (exact) mass is 317 g/mol. The number of carbonyl (C=O) groups excluding carboxylic acids is 1. The predicted octanol–water partition coefficient (Wildman–Crippen LogP) is 1.62. The summed E-state index contributed by atoms with van der Waals surface area (Å²) < 4.78 is 36.0. The third-order valence-corrected chi connectivity index (χ3v) is 2.65. The second-order valence-corrected chi connectivity index (χ2v) is 4.58. The number of carbonyl (C=O) groups is 1. The molecule has 0 aromatic carbocycles. The van der Waals surface area contributed by atoms with E-state index >= 15 is 0 Å². The van der Waals surface area contributed by atoms with Gasteiger partial charge in [0.1, 0.15) is 5.82 Å². The molecule has 1 rings (SSSR count). The fourth-order valence-corrected chi connectivity index (χ4v) is 1.59.